The van der Waals surface area contributed by atoms with E-state index in [1.165, 1.54) is 11.1 Å². The third kappa shape index (κ3) is 4.68. The number of rotatable bonds is 5. The van der Waals surface area contributed by atoms with Crippen molar-refractivity contribution in [2.45, 2.75) is 58.9 Å². The predicted molar refractivity (Wildman–Crippen MR) is 123 cm³/mol. The molecule has 1 saturated heterocycles. The summed E-state index contributed by atoms with van der Waals surface area (Å²) in [4.78, 5) is 27.0. The van der Waals surface area contributed by atoms with Crippen LogP contribution in [0.2, 0.25) is 0 Å². The first-order valence-corrected chi connectivity index (χ1v) is 11.5. The smallest absolute Gasteiger partial charge is 0.225 e. The van der Waals surface area contributed by atoms with Gasteiger partial charge in [-0.2, -0.15) is 0 Å². The summed E-state index contributed by atoms with van der Waals surface area (Å²) in [6.07, 6.45) is 4.20. The number of nitrogens with zero attached hydrogens (tertiary/aromatic N) is 4. The number of methoxy groups -OCH3 is 1. The minimum Gasteiger partial charge on any atom is -0.497 e. The van der Waals surface area contributed by atoms with E-state index in [0.29, 0.717) is 0 Å². The maximum Gasteiger partial charge on any atom is 0.225 e. The molecule has 0 bridgehead atoms. The first-order valence-electron chi connectivity index (χ1n) is 11.5. The lowest BCUT2D eigenvalue weighted by Gasteiger charge is -2.35. The number of aryl methyl sites for hydroxylation is 1. The van der Waals surface area contributed by atoms with E-state index in [4.69, 9.17) is 14.7 Å². The molecule has 3 heterocycles. The summed E-state index contributed by atoms with van der Waals surface area (Å²) >= 11 is 0. The predicted octanol–water partition coefficient (Wildman–Crippen LogP) is 4.11. The molecule has 31 heavy (non-hydrogen) atoms. The molecule has 6 nitrogen and oxygen atoms in total. The van der Waals surface area contributed by atoms with Crippen molar-refractivity contribution in [3.8, 4) is 5.75 Å². The molecule has 6 heteroatoms. The molecule has 2 aliphatic rings. The average molecular weight is 423 g/mol. The fourth-order valence-corrected chi connectivity index (χ4v) is 4.75. The van der Waals surface area contributed by atoms with Gasteiger partial charge in [0.15, 0.2) is 0 Å². The Hall–Kier alpha value is -2.63. The molecular weight excluding hydrogens is 388 g/mol. The molecule has 0 radical (unpaired) electrons. The van der Waals surface area contributed by atoms with E-state index in [1.807, 2.05) is 30.9 Å². The second-order valence-electron chi connectivity index (χ2n) is 9.12. The molecule has 4 rings (SSSR count). The van der Waals surface area contributed by atoms with Gasteiger partial charge in [-0.15, -0.1) is 0 Å². The van der Waals surface area contributed by atoms with E-state index in [0.717, 1.165) is 74.9 Å². The van der Waals surface area contributed by atoms with Gasteiger partial charge in [0.25, 0.3) is 0 Å². The Morgan fingerprint density at radius 2 is 1.94 bits per heavy atom. The summed E-state index contributed by atoms with van der Waals surface area (Å²) < 4.78 is 5.29. The number of carbonyl (C=O) groups is 1. The molecule has 2 aliphatic heterocycles. The summed E-state index contributed by atoms with van der Waals surface area (Å²) in [5, 5.41) is 0. The van der Waals surface area contributed by atoms with Gasteiger partial charge in [-0.05, 0) is 50.3 Å². The van der Waals surface area contributed by atoms with Gasteiger partial charge in [0.05, 0.1) is 7.11 Å². The SMILES string of the molecule is COc1ccc(CN2CCCc3c(C)nc(C4CCCN(C(=O)C(C)C)C4)nc32)cc1. The van der Waals surface area contributed by atoms with Crippen LogP contribution in [0.5, 0.6) is 5.75 Å². The summed E-state index contributed by atoms with van der Waals surface area (Å²) in [6, 6.07) is 8.27. The Balaban J connectivity index is 1.58. The number of amides is 1. The van der Waals surface area contributed by atoms with Gasteiger partial charge >= 0.3 is 0 Å². The Bertz CT molecular complexity index is 926. The number of aromatic nitrogens is 2. The molecular formula is C25H34N4O2. The topological polar surface area (TPSA) is 58.6 Å². The highest BCUT2D eigenvalue weighted by Gasteiger charge is 2.30. The number of fused-ring (bicyclic) bond motifs is 1. The zero-order valence-corrected chi connectivity index (χ0v) is 19.2. The minimum atomic E-state index is 0.0323. The zero-order chi connectivity index (χ0) is 22.0. The Morgan fingerprint density at radius 1 is 1.16 bits per heavy atom. The van der Waals surface area contributed by atoms with Crippen LogP contribution >= 0.6 is 0 Å². The van der Waals surface area contributed by atoms with Crippen molar-refractivity contribution in [3.05, 3.63) is 46.9 Å². The van der Waals surface area contributed by atoms with Gasteiger partial charge in [0.1, 0.15) is 17.4 Å². The molecule has 166 valence electrons. The van der Waals surface area contributed by atoms with E-state index in [2.05, 4.69) is 24.0 Å². The van der Waals surface area contributed by atoms with Gasteiger partial charge in [-0.3, -0.25) is 4.79 Å². The number of hydrogen-bond acceptors (Lipinski definition) is 5. The number of benzene rings is 1. The number of hydrogen-bond donors (Lipinski definition) is 0. The van der Waals surface area contributed by atoms with Gasteiger partial charge in [-0.1, -0.05) is 26.0 Å². The fourth-order valence-electron chi connectivity index (χ4n) is 4.75. The minimum absolute atomic E-state index is 0.0323. The van der Waals surface area contributed by atoms with E-state index in [-0.39, 0.29) is 17.7 Å². The number of ether oxygens (including phenoxy) is 1. The molecule has 1 aromatic heterocycles. The van der Waals surface area contributed by atoms with Crippen molar-refractivity contribution in [1.82, 2.24) is 14.9 Å². The van der Waals surface area contributed by atoms with E-state index in [1.54, 1.807) is 7.11 Å². The van der Waals surface area contributed by atoms with Crippen molar-refractivity contribution < 1.29 is 9.53 Å². The zero-order valence-electron chi connectivity index (χ0n) is 19.2. The molecule has 0 spiro atoms. The number of anilines is 1. The lowest BCUT2D eigenvalue weighted by Crippen LogP contribution is -2.41. The van der Waals surface area contributed by atoms with Crippen LogP contribution in [0.4, 0.5) is 5.82 Å². The molecule has 2 aromatic rings. The Labute approximate surface area is 185 Å². The molecule has 1 atom stereocenters. The highest BCUT2D eigenvalue weighted by molar-refractivity contribution is 5.78. The van der Waals surface area contributed by atoms with E-state index < -0.39 is 0 Å². The average Bonchev–Trinajstić information content (AvgIpc) is 2.79. The van der Waals surface area contributed by atoms with Crippen molar-refractivity contribution in [3.63, 3.8) is 0 Å². The van der Waals surface area contributed by atoms with Crippen molar-refractivity contribution in [2.24, 2.45) is 5.92 Å². The standard InChI is InChI=1S/C25H34N4O2/c1-17(2)25(30)29-14-5-7-20(16-29)23-26-18(3)22-8-6-13-28(24(22)27-23)15-19-9-11-21(31-4)12-10-19/h9-12,17,20H,5-8,13-16H2,1-4H3. The van der Waals surface area contributed by atoms with Crippen LogP contribution in [0.15, 0.2) is 24.3 Å². The monoisotopic (exact) mass is 422 g/mol. The Morgan fingerprint density at radius 3 is 2.65 bits per heavy atom. The third-order valence-electron chi connectivity index (χ3n) is 6.49. The van der Waals surface area contributed by atoms with Gasteiger partial charge in [-0.25, -0.2) is 9.97 Å². The maximum absolute atomic E-state index is 12.5. The highest BCUT2D eigenvalue weighted by Crippen LogP contribution is 2.32. The first-order chi connectivity index (χ1) is 15.0. The lowest BCUT2D eigenvalue weighted by molar-refractivity contribution is -0.135. The second kappa shape index (κ2) is 9.25. The highest BCUT2D eigenvalue weighted by atomic mass is 16.5. The summed E-state index contributed by atoms with van der Waals surface area (Å²) in [5.74, 6) is 3.34. The quantitative estimate of drug-likeness (QED) is 0.726. The van der Waals surface area contributed by atoms with E-state index >= 15 is 0 Å². The number of piperidine rings is 1. The van der Waals surface area contributed by atoms with Crippen LogP contribution in [-0.2, 0) is 17.8 Å². The van der Waals surface area contributed by atoms with Crippen LogP contribution < -0.4 is 9.64 Å². The summed E-state index contributed by atoms with van der Waals surface area (Å²) in [6.45, 7) is 9.47. The molecule has 0 N–H and O–H groups in total. The molecule has 0 saturated carbocycles. The largest absolute Gasteiger partial charge is 0.497 e. The van der Waals surface area contributed by atoms with Crippen LogP contribution in [-0.4, -0.2) is 47.5 Å². The molecule has 0 aliphatic carbocycles. The number of carbonyl (C=O) groups excluding carboxylic acids is 1. The molecule has 1 fully saturated rings. The third-order valence-corrected chi connectivity index (χ3v) is 6.49. The maximum atomic E-state index is 12.5. The lowest BCUT2D eigenvalue weighted by atomic mass is 9.95. The normalized spacial score (nSPS) is 18.8. The van der Waals surface area contributed by atoms with Gasteiger partial charge in [0, 0.05) is 49.3 Å². The van der Waals surface area contributed by atoms with Crippen LogP contribution in [0, 0.1) is 12.8 Å². The molecule has 1 amide bonds. The first kappa shape index (κ1) is 21.6. The fraction of sp³-hybridized carbons (Fsp3) is 0.560. The molecule has 1 aromatic carbocycles. The van der Waals surface area contributed by atoms with Gasteiger partial charge in [0.2, 0.25) is 5.91 Å². The Kier molecular flexibility index (Phi) is 6.44. The van der Waals surface area contributed by atoms with Crippen molar-refractivity contribution >= 4 is 11.7 Å². The van der Waals surface area contributed by atoms with Crippen LogP contribution in [0.1, 0.15) is 61.7 Å². The van der Waals surface area contributed by atoms with Crippen LogP contribution in [0.25, 0.3) is 0 Å². The summed E-state index contributed by atoms with van der Waals surface area (Å²) in [7, 11) is 1.69. The summed E-state index contributed by atoms with van der Waals surface area (Å²) in [5.41, 5.74) is 3.61. The second-order valence-corrected chi connectivity index (χ2v) is 9.12. The van der Waals surface area contributed by atoms with Crippen molar-refractivity contribution in [2.75, 3.05) is 31.6 Å². The van der Waals surface area contributed by atoms with E-state index in [9.17, 15) is 4.79 Å². The van der Waals surface area contributed by atoms with Crippen LogP contribution in [0.3, 0.4) is 0 Å². The molecule has 1 unspecified atom stereocenters. The van der Waals surface area contributed by atoms with Gasteiger partial charge < -0.3 is 14.5 Å². The number of likely N-dealkylation sites (tertiary alicyclic amines) is 1. The van der Waals surface area contributed by atoms with Crippen molar-refractivity contribution in [1.29, 1.82) is 0 Å².